The van der Waals surface area contributed by atoms with Crippen molar-refractivity contribution < 1.29 is 24.5 Å². The van der Waals surface area contributed by atoms with Crippen LogP contribution in [0.25, 0.3) is 0 Å². The van der Waals surface area contributed by atoms with Gasteiger partial charge >= 0.3 is 5.97 Å². The third-order valence-electron chi connectivity index (χ3n) is 2.49. The van der Waals surface area contributed by atoms with Crippen LogP contribution in [0.3, 0.4) is 0 Å². The Kier molecular flexibility index (Phi) is 6.48. The summed E-state index contributed by atoms with van der Waals surface area (Å²) in [6.07, 6.45) is -1.23. The summed E-state index contributed by atoms with van der Waals surface area (Å²) in [5, 5.41) is 21.1. The zero-order chi connectivity index (χ0) is 15.0. The van der Waals surface area contributed by atoms with Crippen molar-refractivity contribution in [2.45, 2.75) is 18.6 Å². The van der Waals surface area contributed by atoms with E-state index in [1.165, 1.54) is 0 Å². The highest BCUT2D eigenvalue weighted by Crippen LogP contribution is 2.08. The van der Waals surface area contributed by atoms with Gasteiger partial charge in [0.1, 0.15) is 24.5 Å². The number of nitrogens with one attached hydrogen (secondary N) is 1. The fourth-order valence-electron chi connectivity index (χ4n) is 1.49. The summed E-state index contributed by atoms with van der Waals surface area (Å²) >= 11 is 0. The normalized spacial score (nSPS) is 13.4. The first kappa shape index (κ1) is 15.9. The second-order valence-electron chi connectivity index (χ2n) is 4.25. The summed E-state index contributed by atoms with van der Waals surface area (Å²) in [6, 6.07) is 7.81. The molecular formula is C13H18N2O5. The second-order valence-corrected chi connectivity index (χ2v) is 4.25. The summed E-state index contributed by atoms with van der Waals surface area (Å²) in [7, 11) is 0. The van der Waals surface area contributed by atoms with E-state index in [0.29, 0.717) is 5.75 Å². The molecule has 2 atom stereocenters. The maximum Gasteiger partial charge on any atom is 0.321 e. The summed E-state index contributed by atoms with van der Waals surface area (Å²) in [5.41, 5.74) is 4.94. The van der Waals surface area contributed by atoms with Crippen LogP contribution in [0.15, 0.2) is 30.3 Å². The van der Waals surface area contributed by atoms with Crippen LogP contribution in [0.4, 0.5) is 0 Å². The van der Waals surface area contributed by atoms with E-state index < -0.39 is 24.0 Å². The largest absolute Gasteiger partial charge is 0.491 e. The Hall–Kier alpha value is -2.12. The second kappa shape index (κ2) is 8.13. The Morgan fingerprint density at radius 1 is 1.30 bits per heavy atom. The number of aliphatic hydroxyl groups is 1. The lowest BCUT2D eigenvalue weighted by atomic mass is 10.2. The molecule has 0 fully saturated rings. The van der Waals surface area contributed by atoms with Gasteiger partial charge in [-0.3, -0.25) is 9.59 Å². The molecule has 0 aromatic heterocycles. The molecule has 0 bridgehead atoms. The minimum absolute atomic E-state index is 0.0138. The van der Waals surface area contributed by atoms with Crippen LogP contribution in [0.5, 0.6) is 5.75 Å². The maximum absolute atomic E-state index is 10.8. The molecule has 1 amide bonds. The summed E-state index contributed by atoms with van der Waals surface area (Å²) in [5.74, 6) is -1.31. The molecule has 5 N–H and O–H groups in total. The summed E-state index contributed by atoms with van der Waals surface area (Å²) in [6.45, 7) is -0.00297. The van der Waals surface area contributed by atoms with E-state index in [2.05, 4.69) is 5.32 Å². The molecular weight excluding hydrogens is 264 g/mol. The van der Waals surface area contributed by atoms with Crippen molar-refractivity contribution >= 4 is 11.9 Å². The van der Waals surface area contributed by atoms with E-state index in [0.717, 1.165) is 0 Å². The topological polar surface area (TPSA) is 122 Å². The number of aliphatic hydroxyl groups excluding tert-OH is 1. The smallest absolute Gasteiger partial charge is 0.321 e. The number of para-hydroxylation sites is 1. The number of benzene rings is 1. The van der Waals surface area contributed by atoms with Crippen molar-refractivity contribution in [1.29, 1.82) is 0 Å². The number of primary amides is 1. The van der Waals surface area contributed by atoms with Gasteiger partial charge in [-0.05, 0) is 12.1 Å². The molecule has 0 saturated carbocycles. The van der Waals surface area contributed by atoms with Gasteiger partial charge in [-0.2, -0.15) is 0 Å². The van der Waals surface area contributed by atoms with Gasteiger partial charge in [0, 0.05) is 6.54 Å². The molecule has 0 spiro atoms. The van der Waals surface area contributed by atoms with Crippen molar-refractivity contribution in [3.8, 4) is 5.75 Å². The molecule has 1 rings (SSSR count). The highest BCUT2D eigenvalue weighted by Gasteiger charge is 2.20. The lowest BCUT2D eigenvalue weighted by Crippen LogP contribution is -2.44. The number of carboxylic acid groups (broad SMARTS) is 1. The zero-order valence-electron chi connectivity index (χ0n) is 10.9. The predicted octanol–water partition coefficient (Wildman–Crippen LogP) is -0.655. The van der Waals surface area contributed by atoms with Crippen LogP contribution in [0.1, 0.15) is 6.42 Å². The SMILES string of the molecule is NC(=O)CC(NCC(O)COc1ccccc1)C(=O)O. The molecule has 0 heterocycles. The monoisotopic (exact) mass is 282 g/mol. The number of rotatable bonds is 9. The van der Waals surface area contributed by atoms with Crippen LogP contribution in [0.2, 0.25) is 0 Å². The van der Waals surface area contributed by atoms with E-state index in [9.17, 15) is 14.7 Å². The fraction of sp³-hybridized carbons (Fsp3) is 0.385. The molecule has 0 saturated heterocycles. The molecule has 110 valence electrons. The number of hydrogen-bond acceptors (Lipinski definition) is 5. The number of aliphatic carboxylic acids is 1. The third-order valence-corrected chi connectivity index (χ3v) is 2.49. The average molecular weight is 282 g/mol. The molecule has 2 unspecified atom stereocenters. The van der Waals surface area contributed by atoms with Crippen molar-refractivity contribution in [2.24, 2.45) is 5.73 Å². The molecule has 7 nitrogen and oxygen atoms in total. The first-order valence-electron chi connectivity index (χ1n) is 6.09. The number of amides is 1. The zero-order valence-corrected chi connectivity index (χ0v) is 10.9. The molecule has 0 radical (unpaired) electrons. The molecule has 0 aliphatic carbocycles. The van der Waals surface area contributed by atoms with Crippen LogP contribution in [-0.4, -0.2) is 47.4 Å². The van der Waals surface area contributed by atoms with E-state index in [4.69, 9.17) is 15.6 Å². The first-order valence-corrected chi connectivity index (χ1v) is 6.09. The van der Waals surface area contributed by atoms with Crippen molar-refractivity contribution in [3.05, 3.63) is 30.3 Å². The van der Waals surface area contributed by atoms with Crippen molar-refractivity contribution in [2.75, 3.05) is 13.2 Å². The van der Waals surface area contributed by atoms with Gasteiger partial charge < -0.3 is 26.0 Å². The molecule has 20 heavy (non-hydrogen) atoms. The molecule has 7 heteroatoms. The van der Waals surface area contributed by atoms with Gasteiger partial charge in [-0.25, -0.2) is 0 Å². The van der Waals surface area contributed by atoms with Gasteiger partial charge in [-0.1, -0.05) is 18.2 Å². The number of ether oxygens (including phenoxy) is 1. The maximum atomic E-state index is 10.8. The average Bonchev–Trinajstić information content (AvgIpc) is 2.41. The predicted molar refractivity (Wildman–Crippen MR) is 71.2 cm³/mol. The van der Waals surface area contributed by atoms with Crippen molar-refractivity contribution in [3.63, 3.8) is 0 Å². The Morgan fingerprint density at radius 2 is 1.95 bits per heavy atom. The summed E-state index contributed by atoms with van der Waals surface area (Å²) < 4.78 is 5.31. The molecule has 0 aliphatic heterocycles. The molecule has 0 aliphatic rings. The molecule has 1 aromatic carbocycles. The Morgan fingerprint density at radius 3 is 2.50 bits per heavy atom. The number of carbonyl (C=O) groups excluding carboxylic acids is 1. The highest BCUT2D eigenvalue weighted by molar-refractivity contribution is 5.83. The molecule has 1 aromatic rings. The number of nitrogens with two attached hydrogens (primary N) is 1. The van der Waals surface area contributed by atoms with Crippen LogP contribution in [-0.2, 0) is 9.59 Å². The van der Waals surface area contributed by atoms with Crippen LogP contribution < -0.4 is 15.8 Å². The van der Waals surface area contributed by atoms with Gasteiger partial charge in [0.2, 0.25) is 5.91 Å². The van der Waals surface area contributed by atoms with Gasteiger partial charge in [0.05, 0.1) is 6.42 Å². The number of carbonyl (C=O) groups is 2. The van der Waals surface area contributed by atoms with Gasteiger partial charge in [0.25, 0.3) is 0 Å². The van der Waals surface area contributed by atoms with E-state index in [1.807, 2.05) is 6.07 Å². The number of hydrogen-bond donors (Lipinski definition) is 4. The van der Waals surface area contributed by atoms with Crippen molar-refractivity contribution in [1.82, 2.24) is 5.32 Å². The minimum Gasteiger partial charge on any atom is -0.491 e. The quantitative estimate of drug-likeness (QED) is 0.477. The Balaban J connectivity index is 2.32. The lowest BCUT2D eigenvalue weighted by Gasteiger charge is -2.16. The van der Waals surface area contributed by atoms with E-state index >= 15 is 0 Å². The van der Waals surface area contributed by atoms with E-state index in [-0.39, 0.29) is 19.6 Å². The standard InChI is InChI=1S/C13H18N2O5/c14-12(17)6-11(13(18)19)15-7-9(16)8-20-10-4-2-1-3-5-10/h1-5,9,11,15-16H,6-8H2,(H2,14,17)(H,18,19). The highest BCUT2D eigenvalue weighted by atomic mass is 16.5. The van der Waals surface area contributed by atoms with Crippen LogP contribution in [0, 0.1) is 0 Å². The van der Waals surface area contributed by atoms with Crippen LogP contribution >= 0.6 is 0 Å². The summed E-state index contributed by atoms with van der Waals surface area (Å²) in [4.78, 5) is 21.5. The Bertz CT molecular complexity index is 438. The first-order chi connectivity index (χ1) is 9.49. The fourth-order valence-corrected chi connectivity index (χ4v) is 1.49. The number of carboxylic acids is 1. The van der Waals surface area contributed by atoms with Gasteiger partial charge in [0.15, 0.2) is 0 Å². The van der Waals surface area contributed by atoms with E-state index in [1.54, 1.807) is 24.3 Å². The Labute approximate surface area is 116 Å². The lowest BCUT2D eigenvalue weighted by molar-refractivity contribution is -0.141. The third kappa shape index (κ3) is 6.17. The van der Waals surface area contributed by atoms with Gasteiger partial charge in [-0.15, -0.1) is 0 Å². The minimum atomic E-state index is -1.19.